The summed E-state index contributed by atoms with van der Waals surface area (Å²) in [6, 6.07) is 7.81. The lowest BCUT2D eigenvalue weighted by Crippen LogP contribution is -2.12. The zero-order chi connectivity index (χ0) is 10.4. The Kier molecular flexibility index (Phi) is 3.79. The predicted octanol–water partition coefficient (Wildman–Crippen LogP) is 1.05. The summed E-state index contributed by atoms with van der Waals surface area (Å²) in [4.78, 5) is 10.8. The normalized spacial score (nSPS) is 9.29. The summed E-state index contributed by atoms with van der Waals surface area (Å²) in [5.74, 6) is 0.605. The summed E-state index contributed by atoms with van der Waals surface area (Å²) in [5.41, 5.74) is 0. The van der Waals surface area contributed by atoms with E-state index in [1.54, 1.807) is 18.2 Å². The second-order valence-corrected chi connectivity index (χ2v) is 2.44. The largest absolute Gasteiger partial charge is 0.493 e. The summed E-state index contributed by atoms with van der Waals surface area (Å²) >= 11 is 0. The van der Waals surface area contributed by atoms with Crippen LogP contribution in [0.25, 0.3) is 0 Å². The number of rotatable bonds is 4. The molecule has 1 aromatic carbocycles. The molecule has 75 valence electrons. The number of hydrogen-bond acceptors (Lipinski definition) is 4. The van der Waals surface area contributed by atoms with Gasteiger partial charge in [-0.3, -0.25) is 0 Å². The highest BCUT2D eigenvalue weighted by molar-refractivity contribution is 5.71. The first kappa shape index (κ1) is 10.4. The van der Waals surface area contributed by atoms with E-state index in [0.717, 1.165) is 0 Å². The first-order valence-corrected chi connectivity index (χ1v) is 4.01. The topological polar surface area (TPSA) is 44.8 Å². The highest BCUT2D eigenvalue weighted by atomic mass is 16.6. The van der Waals surface area contributed by atoms with Crippen molar-refractivity contribution in [2.75, 3.05) is 20.8 Å². The number of benzene rings is 1. The molecule has 0 bridgehead atoms. The lowest BCUT2D eigenvalue weighted by Gasteiger charge is -2.08. The van der Waals surface area contributed by atoms with Crippen molar-refractivity contribution in [3.8, 4) is 11.5 Å². The average molecular weight is 195 g/mol. The lowest BCUT2D eigenvalue weighted by molar-refractivity contribution is -0.142. The minimum atomic E-state index is -0.431. The maximum absolute atomic E-state index is 10.8. The predicted molar refractivity (Wildman–Crippen MR) is 49.3 cm³/mol. The molecular weight excluding hydrogens is 184 g/mol. The van der Waals surface area contributed by atoms with Crippen LogP contribution < -0.4 is 9.47 Å². The molecule has 0 N–H and O–H groups in total. The molecule has 0 saturated heterocycles. The van der Waals surface area contributed by atoms with E-state index >= 15 is 0 Å². The maximum atomic E-state index is 10.8. The van der Waals surface area contributed by atoms with E-state index in [9.17, 15) is 4.79 Å². The molecule has 0 amide bonds. The van der Waals surface area contributed by atoms with Gasteiger partial charge in [0.15, 0.2) is 18.1 Å². The number of carbonyl (C=O) groups excluding carboxylic acids is 1. The van der Waals surface area contributed by atoms with Gasteiger partial charge in [0.1, 0.15) is 0 Å². The second-order valence-electron chi connectivity index (χ2n) is 2.44. The Hall–Kier alpha value is -1.71. The van der Waals surface area contributed by atoms with Gasteiger partial charge >= 0.3 is 5.97 Å². The Balaban J connectivity index is 2.61. The number of hydrogen-bond donors (Lipinski definition) is 0. The van der Waals surface area contributed by atoms with Crippen molar-refractivity contribution < 1.29 is 19.0 Å². The lowest BCUT2D eigenvalue weighted by atomic mass is 10.3. The molecule has 0 fully saturated rings. The van der Waals surface area contributed by atoms with E-state index in [-0.39, 0.29) is 6.61 Å². The van der Waals surface area contributed by atoms with Gasteiger partial charge < -0.3 is 14.2 Å². The highest BCUT2D eigenvalue weighted by Gasteiger charge is 2.05. The Morgan fingerprint density at radius 2 is 2.21 bits per heavy atom. The van der Waals surface area contributed by atoms with Crippen LogP contribution in [0.3, 0.4) is 0 Å². The van der Waals surface area contributed by atoms with Crippen molar-refractivity contribution in [2.45, 2.75) is 0 Å². The summed E-state index contributed by atoms with van der Waals surface area (Å²) in [5, 5.41) is 0. The van der Waals surface area contributed by atoms with Gasteiger partial charge in [-0.15, -0.1) is 0 Å². The van der Waals surface area contributed by atoms with Gasteiger partial charge in [-0.2, -0.15) is 0 Å². The zero-order valence-corrected chi connectivity index (χ0v) is 8.07. The Morgan fingerprint density at radius 1 is 1.43 bits per heavy atom. The monoisotopic (exact) mass is 195 g/mol. The summed E-state index contributed by atoms with van der Waals surface area (Å²) in [6.07, 6.45) is 0. The molecule has 14 heavy (non-hydrogen) atoms. The molecule has 4 heteroatoms. The standard InChI is InChI=1S/C10H11O4/c1-12-8-5-3-4-6-9(8)14-7-10(11)13-2/h4-6H,7H2,1-2H3. The molecule has 0 aliphatic carbocycles. The Morgan fingerprint density at radius 3 is 2.86 bits per heavy atom. The highest BCUT2D eigenvalue weighted by Crippen LogP contribution is 2.25. The van der Waals surface area contributed by atoms with Crippen LogP contribution in [-0.2, 0) is 9.53 Å². The van der Waals surface area contributed by atoms with Crippen LogP contribution in [-0.4, -0.2) is 26.8 Å². The van der Waals surface area contributed by atoms with Crippen LogP contribution in [0.15, 0.2) is 18.2 Å². The van der Waals surface area contributed by atoms with E-state index < -0.39 is 5.97 Å². The van der Waals surface area contributed by atoms with E-state index in [0.29, 0.717) is 11.5 Å². The Labute approximate surface area is 82.4 Å². The van der Waals surface area contributed by atoms with Crippen molar-refractivity contribution in [1.29, 1.82) is 0 Å². The fourth-order valence-electron chi connectivity index (χ4n) is 0.875. The first-order valence-electron chi connectivity index (χ1n) is 4.01. The van der Waals surface area contributed by atoms with Gasteiger partial charge in [0.2, 0.25) is 0 Å². The van der Waals surface area contributed by atoms with Crippen molar-refractivity contribution >= 4 is 5.97 Å². The number of methoxy groups -OCH3 is 2. The van der Waals surface area contributed by atoms with Gasteiger partial charge in [0.25, 0.3) is 0 Å². The SMILES string of the molecule is COC(=O)COc1cc[c]cc1OC. The van der Waals surface area contributed by atoms with Crippen LogP contribution in [0.1, 0.15) is 0 Å². The van der Waals surface area contributed by atoms with Crippen LogP contribution >= 0.6 is 0 Å². The van der Waals surface area contributed by atoms with Crippen molar-refractivity contribution in [3.63, 3.8) is 0 Å². The van der Waals surface area contributed by atoms with Gasteiger partial charge in [-0.1, -0.05) is 6.07 Å². The number of ether oxygens (including phenoxy) is 3. The van der Waals surface area contributed by atoms with Crippen LogP contribution in [0, 0.1) is 6.07 Å². The third kappa shape index (κ3) is 2.65. The summed E-state index contributed by atoms with van der Waals surface area (Å²) in [7, 11) is 2.83. The van der Waals surface area contributed by atoms with E-state index in [2.05, 4.69) is 10.8 Å². The van der Waals surface area contributed by atoms with Crippen molar-refractivity contribution in [3.05, 3.63) is 24.3 Å². The molecule has 1 radical (unpaired) electrons. The molecule has 0 aliphatic rings. The van der Waals surface area contributed by atoms with Gasteiger partial charge in [-0.05, 0) is 18.2 Å². The number of carbonyl (C=O) groups is 1. The second kappa shape index (κ2) is 5.11. The summed E-state index contributed by atoms with van der Waals surface area (Å²) in [6.45, 7) is -0.128. The third-order valence-corrected chi connectivity index (χ3v) is 1.58. The molecular formula is C10H11O4. The van der Waals surface area contributed by atoms with Gasteiger partial charge in [-0.25, -0.2) is 4.79 Å². The van der Waals surface area contributed by atoms with Crippen molar-refractivity contribution in [2.24, 2.45) is 0 Å². The Bertz CT molecular complexity index is 309. The van der Waals surface area contributed by atoms with Gasteiger partial charge in [0.05, 0.1) is 14.2 Å². The first-order chi connectivity index (χ1) is 6.77. The molecule has 1 rings (SSSR count). The van der Waals surface area contributed by atoms with Crippen LogP contribution in [0.2, 0.25) is 0 Å². The zero-order valence-electron chi connectivity index (χ0n) is 8.07. The minimum absolute atomic E-state index is 0.128. The molecule has 4 nitrogen and oxygen atoms in total. The van der Waals surface area contributed by atoms with Crippen LogP contribution in [0.4, 0.5) is 0 Å². The molecule has 0 aromatic heterocycles. The number of esters is 1. The molecule has 0 heterocycles. The van der Waals surface area contributed by atoms with E-state index in [1.165, 1.54) is 14.2 Å². The molecule has 0 spiro atoms. The van der Waals surface area contributed by atoms with Gasteiger partial charge in [0, 0.05) is 0 Å². The minimum Gasteiger partial charge on any atom is -0.493 e. The fraction of sp³-hybridized carbons (Fsp3) is 0.300. The van der Waals surface area contributed by atoms with Crippen molar-refractivity contribution in [1.82, 2.24) is 0 Å². The fourth-order valence-corrected chi connectivity index (χ4v) is 0.875. The average Bonchev–Trinajstić information content (AvgIpc) is 2.26. The van der Waals surface area contributed by atoms with E-state index in [4.69, 9.17) is 9.47 Å². The molecule has 0 unspecified atom stereocenters. The maximum Gasteiger partial charge on any atom is 0.343 e. The summed E-state index contributed by atoms with van der Waals surface area (Å²) < 4.78 is 14.6. The third-order valence-electron chi connectivity index (χ3n) is 1.58. The quantitative estimate of drug-likeness (QED) is 0.673. The smallest absolute Gasteiger partial charge is 0.343 e. The molecule has 0 saturated carbocycles. The molecule has 1 aromatic rings. The van der Waals surface area contributed by atoms with E-state index in [1.807, 2.05) is 0 Å². The molecule has 0 aliphatic heterocycles. The van der Waals surface area contributed by atoms with Crippen LogP contribution in [0.5, 0.6) is 11.5 Å². The molecule has 0 atom stereocenters.